The molecule has 0 aliphatic rings. The summed E-state index contributed by atoms with van der Waals surface area (Å²) in [5.74, 6) is 1.11. The van der Waals surface area contributed by atoms with Crippen molar-refractivity contribution in [3.8, 4) is 5.75 Å². The molecule has 0 aliphatic heterocycles. The fourth-order valence-corrected chi connectivity index (χ4v) is 2.17. The van der Waals surface area contributed by atoms with E-state index in [1.807, 2.05) is 6.92 Å². The second-order valence-electron chi connectivity index (χ2n) is 5.26. The largest absolute Gasteiger partial charge is 0.492 e. The highest BCUT2D eigenvalue weighted by Crippen LogP contribution is 2.28. The fourth-order valence-electron chi connectivity index (χ4n) is 1.94. The molecule has 1 amide bonds. The molecule has 118 valence electrons. The van der Waals surface area contributed by atoms with E-state index in [4.69, 9.17) is 22.1 Å². The average molecular weight is 313 g/mol. The Morgan fingerprint density at radius 2 is 2.19 bits per heavy atom. The molecule has 0 aromatic heterocycles. The molecule has 0 bridgehead atoms. The first kappa shape index (κ1) is 17.8. The summed E-state index contributed by atoms with van der Waals surface area (Å²) in [6.07, 6.45) is 3.21. The Labute approximate surface area is 132 Å². The lowest BCUT2D eigenvalue weighted by atomic mass is 10.0. The summed E-state index contributed by atoms with van der Waals surface area (Å²) in [5, 5.41) is 3.37. The number of halogens is 1. The van der Waals surface area contributed by atoms with Gasteiger partial charge in [-0.15, -0.1) is 0 Å². The maximum atomic E-state index is 11.9. The standard InChI is InChI=1S/C16H25ClN2O2/c1-3-10-21-15-6-5-13(11-14(15)17)19-16(20)7-4-12(2)8-9-18/h5-6,11-12H,3-4,7-10,18H2,1-2H3,(H,19,20). The van der Waals surface area contributed by atoms with Gasteiger partial charge in [0.1, 0.15) is 5.75 Å². The minimum atomic E-state index is -0.00263. The minimum Gasteiger partial charge on any atom is -0.492 e. The Kier molecular flexibility index (Phi) is 8.16. The van der Waals surface area contributed by atoms with Crippen LogP contribution in [0.2, 0.25) is 5.02 Å². The quantitative estimate of drug-likeness (QED) is 0.728. The number of ether oxygens (including phenoxy) is 1. The molecule has 1 rings (SSSR count). The van der Waals surface area contributed by atoms with Crippen LogP contribution in [0.25, 0.3) is 0 Å². The van der Waals surface area contributed by atoms with Crippen molar-refractivity contribution in [1.82, 2.24) is 0 Å². The average Bonchev–Trinajstić information content (AvgIpc) is 2.45. The van der Waals surface area contributed by atoms with Crippen LogP contribution in [0.3, 0.4) is 0 Å². The summed E-state index contributed by atoms with van der Waals surface area (Å²) in [7, 11) is 0. The SMILES string of the molecule is CCCOc1ccc(NC(=O)CCC(C)CCN)cc1Cl. The van der Waals surface area contributed by atoms with Gasteiger partial charge in [-0.25, -0.2) is 0 Å². The topological polar surface area (TPSA) is 64.3 Å². The molecule has 0 saturated carbocycles. The zero-order chi connectivity index (χ0) is 15.7. The normalized spacial score (nSPS) is 12.0. The van der Waals surface area contributed by atoms with Crippen LogP contribution < -0.4 is 15.8 Å². The van der Waals surface area contributed by atoms with Crippen LogP contribution in [0.5, 0.6) is 5.75 Å². The van der Waals surface area contributed by atoms with Crippen LogP contribution in [0, 0.1) is 5.92 Å². The molecule has 0 aliphatic carbocycles. The Balaban J connectivity index is 2.47. The number of hydrogen-bond acceptors (Lipinski definition) is 3. The monoisotopic (exact) mass is 312 g/mol. The maximum absolute atomic E-state index is 11.9. The zero-order valence-corrected chi connectivity index (χ0v) is 13.6. The first-order valence-corrected chi connectivity index (χ1v) is 7.86. The fraction of sp³-hybridized carbons (Fsp3) is 0.562. The molecular formula is C16H25ClN2O2. The Bertz CT molecular complexity index is 452. The molecule has 5 heteroatoms. The van der Waals surface area contributed by atoms with Crippen LogP contribution in [-0.2, 0) is 4.79 Å². The lowest BCUT2D eigenvalue weighted by molar-refractivity contribution is -0.116. The van der Waals surface area contributed by atoms with E-state index < -0.39 is 0 Å². The van der Waals surface area contributed by atoms with Crippen molar-refractivity contribution in [2.45, 2.75) is 39.5 Å². The van der Waals surface area contributed by atoms with Gasteiger partial charge in [0.05, 0.1) is 11.6 Å². The molecule has 1 aromatic rings. The molecule has 0 radical (unpaired) electrons. The van der Waals surface area contributed by atoms with Gasteiger partial charge in [-0.2, -0.15) is 0 Å². The molecule has 1 unspecified atom stereocenters. The van der Waals surface area contributed by atoms with Gasteiger partial charge in [-0.05, 0) is 49.9 Å². The van der Waals surface area contributed by atoms with Gasteiger partial charge in [0.25, 0.3) is 0 Å². The predicted molar refractivity (Wildman–Crippen MR) is 87.9 cm³/mol. The van der Waals surface area contributed by atoms with Crippen LogP contribution >= 0.6 is 11.6 Å². The molecule has 0 heterocycles. The third-order valence-corrected chi connectivity index (χ3v) is 3.50. The van der Waals surface area contributed by atoms with Crippen molar-refractivity contribution in [3.63, 3.8) is 0 Å². The van der Waals surface area contributed by atoms with Crippen molar-refractivity contribution in [2.24, 2.45) is 11.7 Å². The summed E-state index contributed by atoms with van der Waals surface area (Å²) in [4.78, 5) is 11.9. The molecule has 3 N–H and O–H groups in total. The van der Waals surface area contributed by atoms with Crippen LogP contribution in [0.1, 0.15) is 39.5 Å². The number of anilines is 1. The number of nitrogens with two attached hydrogens (primary N) is 1. The van der Waals surface area contributed by atoms with E-state index in [9.17, 15) is 4.79 Å². The summed E-state index contributed by atoms with van der Waals surface area (Å²) in [6, 6.07) is 5.30. The number of carbonyl (C=O) groups excluding carboxylic acids is 1. The second kappa shape index (κ2) is 9.64. The van der Waals surface area contributed by atoms with Gasteiger partial charge in [-0.1, -0.05) is 25.4 Å². The number of rotatable bonds is 9. The van der Waals surface area contributed by atoms with Gasteiger partial charge >= 0.3 is 0 Å². The Morgan fingerprint density at radius 3 is 2.81 bits per heavy atom. The molecule has 0 spiro atoms. The number of carbonyl (C=O) groups is 1. The summed E-state index contributed by atoms with van der Waals surface area (Å²) < 4.78 is 5.50. The summed E-state index contributed by atoms with van der Waals surface area (Å²) in [5.41, 5.74) is 6.19. The van der Waals surface area contributed by atoms with Crippen molar-refractivity contribution in [2.75, 3.05) is 18.5 Å². The minimum absolute atomic E-state index is 0.00263. The Hall–Kier alpha value is -1.26. The van der Waals surface area contributed by atoms with E-state index in [0.717, 1.165) is 19.3 Å². The van der Waals surface area contributed by atoms with E-state index in [0.29, 0.717) is 41.9 Å². The first-order valence-electron chi connectivity index (χ1n) is 7.49. The summed E-state index contributed by atoms with van der Waals surface area (Å²) >= 11 is 6.13. The van der Waals surface area contributed by atoms with Crippen molar-refractivity contribution < 1.29 is 9.53 Å². The predicted octanol–water partition coefficient (Wildman–Crippen LogP) is 3.83. The lowest BCUT2D eigenvalue weighted by Gasteiger charge is -2.11. The van der Waals surface area contributed by atoms with Gasteiger partial charge in [0.2, 0.25) is 5.91 Å². The Morgan fingerprint density at radius 1 is 1.43 bits per heavy atom. The third kappa shape index (κ3) is 6.82. The molecule has 1 atom stereocenters. The summed E-state index contributed by atoms with van der Waals surface area (Å²) in [6.45, 7) is 5.44. The number of amides is 1. The van der Waals surface area contributed by atoms with Gasteiger partial charge < -0.3 is 15.8 Å². The van der Waals surface area contributed by atoms with E-state index >= 15 is 0 Å². The number of nitrogens with one attached hydrogen (secondary N) is 1. The lowest BCUT2D eigenvalue weighted by Crippen LogP contribution is -2.14. The molecule has 4 nitrogen and oxygen atoms in total. The third-order valence-electron chi connectivity index (χ3n) is 3.20. The van der Waals surface area contributed by atoms with E-state index in [-0.39, 0.29) is 5.91 Å². The highest BCUT2D eigenvalue weighted by molar-refractivity contribution is 6.32. The number of benzene rings is 1. The van der Waals surface area contributed by atoms with Gasteiger partial charge in [0.15, 0.2) is 0 Å². The van der Waals surface area contributed by atoms with Crippen LogP contribution in [0.4, 0.5) is 5.69 Å². The highest BCUT2D eigenvalue weighted by atomic mass is 35.5. The highest BCUT2D eigenvalue weighted by Gasteiger charge is 2.08. The van der Waals surface area contributed by atoms with Crippen molar-refractivity contribution in [3.05, 3.63) is 23.2 Å². The first-order chi connectivity index (χ1) is 10.1. The van der Waals surface area contributed by atoms with Crippen molar-refractivity contribution >= 4 is 23.2 Å². The van der Waals surface area contributed by atoms with Crippen LogP contribution in [-0.4, -0.2) is 19.1 Å². The smallest absolute Gasteiger partial charge is 0.224 e. The van der Waals surface area contributed by atoms with Gasteiger partial charge in [-0.3, -0.25) is 4.79 Å². The maximum Gasteiger partial charge on any atom is 0.224 e. The van der Waals surface area contributed by atoms with Crippen LogP contribution in [0.15, 0.2) is 18.2 Å². The van der Waals surface area contributed by atoms with E-state index in [1.54, 1.807) is 18.2 Å². The molecule has 1 aromatic carbocycles. The molecule has 0 saturated heterocycles. The van der Waals surface area contributed by atoms with E-state index in [2.05, 4.69) is 12.2 Å². The second-order valence-corrected chi connectivity index (χ2v) is 5.67. The number of hydrogen-bond donors (Lipinski definition) is 2. The van der Waals surface area contributed by atoms with Crippen molar-refractivity contribution in [1.29, 1.82) is 0 Å². The van der Waals surface area contributed by atoms with Gasteiger partial charge in [0, 0.05) is 12.1 Å². The molecule has 0 fully saturated rings. The molecule has 21 heavy (non-hydrogen) atoms. The molecular weight excluding hydrogens is 288 g/mol. The zero-order valence-electron chi connectivity index (χ0n) is 12.8. The van der Waals surface area contributed by atoms with E-state index in [1.165, 1.54) is 0 Å².